The number of aliphatic hydroxyl groups excluding tert-OH is 1. The zero-order valence-corrected chi connectivity index (χ0v) is 10.3. The lowest BCUT2D eigenvalue weighted by molar-refractivity contribution is 0.192. The summed E-state index contributed by atoms with van der Waals surface area (Å²) in [5.41, 5.74) is -0.144. The van der Waals surface area contributed by atoms with Crippen LogP contribution in [0.5, 0.6) is 0 Å². The minimum absolute atomic E-state index is 0.144. The van der Waals surface area contributed by atoms with E-state index in [4.69, 9.17) is 4.74 Å². The van der Waals surface area contributed by atoms with Crippen LogP contribution in [0.15, 0.2) is 0 Å². The lowest BCUT2D eigenvalue weighted by Gasteiger charge is -2.28. The smallest absolute Gasteiger partial charge is 0.0618 e. The number of methoxy groups -OCH3 is 1. The van der Waals surface area contributed by atoms with Crippen molar-refractivity contribution in [3.05, 3.63) is 0 Å². The molecule has 2 N–H and O–H groups in total. The second-order valence-electron chi connectivity index (χ2n) is 3.69. The van der Waals surface area contributed by atoms with Crippen molar-refractivity contribution in [3.63, 3.8) is 0 Å². The number of hydrogen-bond acceptors (Lipinski definition) is 4. The first-order chi connectivity index (χ1) is 6.68. The van der Waals surface area contributed by atoms with Gasteiger partial charge >= 0.3 is 0 Å². The highest BCUT2D eigenvalue weighted by Gasteiger charge is 2.21. The van der Waals surface area contributed by atoms with Crippen LogP contribution in [0.4, 0.5) is 0 Å². The van der Waals surface area contributed by atoms with Crippen LogP contribution in [0.1, 0.15) is 20.3 Å². The number of aliphatic hydroxyl groups is 1. The minimum Gasteiger partial charge on any atom is -0.394 e. The molecule has 0 bridgehead atoms. The average molecular weight is 221 g/mol. The van der Waals surface area contributed by atoms with Gasteiger partial charge in [-0.2, -0.15) is 11.8 Å². The second kappa shape index (κ2) is 8.53. The molecule has 0 spiro atoms. The van der Waals surface area contributed by atoms with Crippen molar-refractivity contribution >= 4 is 11.8 Å². The van der Waals surface area contributed by atoms with Gasteiger partial charge in [0.25, 0.3) is 0 Å². The highest BCUT2D eigenvalue weighted by molar-refractivity contribution is 7.99. The van der Waals surface area contributed by atoms with Gasteiger partial charge in [-0.1, -0.05) is 6.92 Å². The number of thioether (sulfide) groups is 1. The molecule has 1 unspecified atom stereocenters. The summed E-state index contributed by atoms with van der Waals surface area (Å²) >= 11 is 1.81. The van der Waals surface area contributed by atoms with Crippen molar-refractivity contribution in [1.82, 2.24) is 5.32 Å². The van der Waals surface area contributed by atoms with Gasteiger partial charge in [-0.25, -0.2) is 0 Å². The summed E-state index contributed by atoms with van der Waals surface area (Å²) in [5, 5.41) is 12.6. The quantitative estimate of drug-likeness (QED) is 0.573. The predicted molar refractivity (Wildman–Crippen MR) is 63.0 cm³/mol. The Balaban J connectivity index is 3.63. The van der Waals surface area contributed by atoms with E-state index in [1.54, 1.807) is 7.11 Å². The first-order valence-electron chi connectivity index (χ1n) is 5.11. The molecular weight excluding hydrogens is 198 g/mol. The Morgan fingerprint density at radius 1 is 1.50 bits per heavy atom. The standard InChI is InChI=1S/C10H23NO2S/c1-4-5-11-10(2,8-12)9-14-7-6-13-3/h11-12H,4-9H2,1-3H3. The van der Waals surface area contributed by atoms with Gasteiger partial charge < -0.3 is 15.2 Å². The van der Waals surface area contributed by atoms with E-state index in [0.717, 1.165) is 31.1 Å². The molecular formula is C10H23NO2S. The van der Waals surface area contributed by atoms with Gasteiger partial charge in [-0.15, -0.1) is 0 Å². The maximum absolute atomic E-state index is 9.26. The SMILES string of the molecule is CCCNC(C)(CO)CSCCOC. The Bertz CT molecular complexity index is 135. The van der Waals surface area contributed by atoms with E-state index >= 15 is 0 Å². The topological polar surface area (TPSA) is 41.5 Å². The van der Waals surface area contributed by atoms with E-state index in [-0.39, 0.29) is 12.1 Å². The normalized spacial score (nSPS) is 15.4. The predicted octanol–water partition coefficient (Wildman–Crippen LogP) is 1.12. The van der Waals surface area contributed by atoms with Crippen molar-refractivity contribution in [2.24, 2.45) is 0 Å². The molecule has 0 amide bonds. The molecule has 0 rings (SSSR count). The summed E-state index contributed by atoms with van der Waals surface area (Å²) in [6, 6.07) is 0. The second-order valence-corrected chi connectivity index (χ2v) is 4.80. The van der Waals surface area contributed by atoms with Crippen LogP contribution in [0.25, 0.3) is 0 Å². The zero-order chi connectivity index (χ0) is 10.9. The summed E-state index contributed by atoms with van der Waals surface area (Å²) in [7, 11) is 1.71. The zero-order valence-electron chi connectivity index (χ0n) is 9.51. The fourth-order valence-electron chi connectivity index (χ4n) is 1.02. The molecule has 0 heterocycles. The molecule has 0 aromatic rings. The van der Waals surface area contributed by atoms with E-state index in [9.17, 15) is 5.11 Å². The van der Waals surface area contributed by atoms with Gasteiger partial charge in [0.05, 0.1) is 13.2 Å². The third kappa shape index (κ3) is 6.65. The molecule has 0 aliphatic heterocycles. The van der Waals surface area contributed by atoms with E-state index in [0.29, 0.717) is 0 Å². The van der Waals surface area contributed by atoms with Crippen molar-refractivity contribution in [2.45, 2.75) is 25.8 Å². The van der Waals surface area contributed by atoms with Gasteiger partial charge in [0.1, 0.15) is 0 Å². The third-order valence-corrected chi connectivity index (χ3v) is 3.30. The summed E-state index contributed by atoms with van der Waals surface area (Å²) in [5.74, 6) is 1.91. The van der Waals surface area contributed by atoms with Gasteiger partial charge in [-0.05, 0) is 19.9 Å². The van der Waals surface area contributed by atoms with Gasteiger partial charge in [0.2, 0.25) is 0 Å². The van der Waals surface area contributed by atoms with Crippen molar-refractivity contribution < 1.29 is 9.84 Å². The molecule has 3 nitrogen and oxygen atoms in total. The Morgan fingerprint density at radius 2 is 2.21 bits per heavy atom. The molecule has 0 aromatic heterocycles. The van der Waals surface area contributed by atoms with Gasteiger partial charge in [0.15, 0.2) is 0 Å². The maximum Gasteiger partial charge on any atom is 0.0618 e. The van der Waals surface area contributed by atoms with Crippen LogP contribution in [0.2, 0.25) is 0 Å². The molecule has 0 radical (unpaired) electrons. The number of hydrogen-bond donors (Lipinski definition) is 2. The van der Waals surface area contributed by atoms with Crippen LogP contribution >= 0.6 is 11.8 Å². The summed E-state index contributed by atoms with van der Waals surface area (Å²) in [6.07, 6.45) is 1.10. The minimum atomic E-state index is -0.144. The van der Waals surface area contributed by atoms with E-state index < -0.39 is 0 Å². The molecule has 14 heavy (non-hydrogen) atoms. The fourth-order valence-corrected chi connectivity index (χ4v) is 2.09. The molecule has 0 fully saturated rings. The first-order valence-corrected chi connectivity index (χ1v) is 6.26. The fraction of sp³-hybridized carbons (Fsp3) is 1.00. The van der Waals surface area contributed by atoms with Gasteiger partial charge in [0, 0.05) is 24.2 Å². The van der Waals surface area contributed by atoms with Crippen LogP contribution in [-0.4, -0.2) is 49.0 Å². The largest absolute Gasteiger partial charge is 0.394 e. The van der Waals surface area contributed by atoms with Crippen LogP contribution in [0.3, 0.4) is 0 Å². The third-order valence-electron chi connectivity index (χ3n) is 2.00. The first kappa shape index (κ1) is 14.2. The molecule has 0 saturated carbocycles. The number of nitrogens with one attached hydrogen (secondary N) is 1. The van der Waals surface area contributed by atoms with Crippen LogP contribution in [-0.2, 0) is 4.74 Å². The maximum atomic E-state index is 9.26. The molecule has 0 saturated heterocycles. The highest BCUT2D eigenvalue weighted by atomic mass is 32.2. The van der Waals surface area contributed by atoms with Crippen molar-refractivity contribution in [3.8, 4) is 0 Å². The summed E-state index contributed by atoms with van der Waals surface area (Å²) in [4.78, 5) is 0. The van der Waals surface area contributed by atoms with Crippen molar-refractivity contribution in [1.29, 1.82) is 0 Å². The lowest BCUT2D eigenvalue weighted by Crippen LogP contribution is -2.48. The van der Waals surface area contributed by atoms with E-state index in [1.165, 1.54) is 0 Å². The average Bonchev–Trinajstić information content (AvgIpc) is 2.22. The monoisotopic (exact) mass is 221 g/mol. The molecule has 1 atom stereocenters. The molecule has 0 aliphatic carbocycles. The van der Waals surface area contributed by atoms with Crippen LogP contribution < -0.4 is 5.32 Å². The number of ether oxygens (including phenoxy) is 1. The molecule has 0 aromatic carbocycles. The van der Waals surface area contributed by atoms with E-state index in [1.807, 2.05) is 11.8 Å². The van der Waals surface area contributed by atoms with Crippen LogP contribution in [0, 0.1) is 0 Å². The highest BCUT2D eigenvalue weighted by Crippen LogP contribution is 2.12. The molecule has 4 heteroatoms. The Kier molecular flexibility index (Phi) is 8.67. The molecule has 0 aliphatic rings. The summed E-state index contributed by atoms with van der Waals surface area (Å²) in [6.45, 7) is 6.11. The Labute approximate surface area is 91.6 Å². The van der Waals surface area contributed by atoms with Crippen molar-refractivity contribution in [2.75, 3.05) is 38.4 Å². The van der Waals surface area contributed by atoms with E-state index in [2.05, 4.69) is 19.2 Å². The summed E-state index contributed by atoms with van der Waals surface area (Å²) < 4.78 is 4.97. The Morgan fingerprint density at radius 3 is 2.71 bits per heavy atom. The Hall–Kier alpha value is 0.230. The molecule has 86 valence electrons. The lowest BCUT2D eigenvalue weighted by atomic mass is 10.1. The number of rotatable bonds is 9. The van der Waals surface area contributed by atoms with Gasteiger partial charge in [-0.3, -0.25) is 0 Å².